The minimum absolute atomic E-state index is 0.297. The Hall–Kier alpha value is -1.08. The summed E-state index contributed by atoms with van der Waals surface area (Å²) in [6.45, 7) is 0. The highest BCUT2D eigenvalue weighted by molar-refractivity contribution is 5.52. The highest BCUT2D eigenvalue weighted by Gasteiger charge is 2.25. The molecule has 0 aliphatic heterocycles. The SMILES string of the molecule is NC12C=CC=CC1=CC=C2. The maximum absolute atomic E-state index is 5.97. The molecule has 0 saturated heterocycles. The lowest BCUT2D eigenvalue weighted by atomic mass is 9.90. The number of hydrogen-bond acceptors (Lipinski definition) is 1. The van der Waals surface area contributed by atoms with Gasteiger partial charge in [-0.15, -0.1) is 0 Å². The molecule has 2 N–H and O–H groups in total. The fourth-order valence-corrected chi connectivity index (χ4v) is 1.28. The average molecular weight is 131 g/mol. The summed E-state index contributed by atoms with van der Waals surface area (Å²) in [5, 5.41) is 0. The fourth-order valence-electron chi connectivity index (χ4n) is 1.28. The molecule has 0 saturated carbocycles. The number of nitrogens with two attached hydrogens (primary N) is 1. The Morgan fingerprint density at radius 1 is 1.10 bits per heavy atom. The third kappa shape index (κ3) is 0.611. The van der Waals surface area contributed by atoms with Crippen LogP contribution in [-0.4, -0.2) is 5.54 Å². The van der Waals surface area contributed by atoms with Crippen molar-refractivity contribution in [1.29, 1.82) is 0 Å². The van der Waals surface area contributed by atoms with Gasteiger partial charge in [0, 0.05) is 0 Å². The van der Waals surface area contributed by atoms with Crippen LogP contribution in [0.25, 0.3) is 0 Å². The Labute approximate surface area is 60.2 Å². The number of allylic oxidation sites excluding steroid dienone is 4. The summed E-state index contributed by atoms with van der Waals surface area (Å²) in [6.07, 6.45) is 14.1. The molecule has 0 radical (unpaired) electrons. The van der Waals surface area contributed by atoms with E-state index in [4.69, 9.17) is 5.73 Å². The Bertz CT molecular complexity index is 268. The highest BCUT2D eigenvalue weighted by Crippen LogP contribution is 2.26. The molecule has 0 amide bonds. The topological polar surface area (TPSA) is 26.0 Å². The van der Waals surface area contributed by atoms with E-state index in [2.05, 4.69) is 0 Å². The van der Waals surface area contributed by atoms with E-state index < -0.39 is 0 Å². The molecule has 1 unspecified atom stereocenters. The predicted octanol–water partition coefficient (Wildman–Crippen LogP) is 1.31. The minimum Gasteiger partial charge on any atom is -0.315 e. The molecule has 2 aliphatic carbocycles. The van der Waals surface area contributed by atoms with Crippen LogP contribution < -0.4 is 5.73 Å². The van der Waals surface area contributed by atoms with Crippen molar-refractivity contribution in [2.75, 3.05) is 0 Å². The molecule has 0 aromatic carbocycles. The van der Waals surface area contributed by atoms with Crippen molar-refractivity contribution in [3.05, 3.63) is 48.1 Å². The Morgan fingerprint density at radius 3 is 2.70 bits per heavy atom. The highest BCUT2D eigenvalue weighted by atomic mass is 14.7. The lowest BCUT2D eigenvalue weighted by molar-refractivity contribution is 0.795. The number of hydrogen-bond donors (Lipinski definition) is 1. The van der Waals surface area contributed by atoms with Gasteiger partial charge in [-0.3, -0.25) is 0 Å². The molecule has 0 bridgehead atoms. The monoisotopic (exact) mass is 131 g/mol. The molecule has 1 heteroatoms. The molecule has 0 aromatic rings. The standard InChI is InChI=1S/C9H9N/c10-9-6-2-1-4-8(9)5-3-7-9/h1-7H,10H2. The maximum atomic E-state index is 5.97. The van der Waals surface area contributed by atoms with Crippen LogP contribution in [0.2, 0.25) is 0 Å². The number of rotatable bonds is 0. The lowest BCUT2D eigenvalue weighted by Gasteiger charge is -2.21. The Morgan fingerprint density at radius 2 is 1.90 bits per heavy atom. The van der Waals surface area contributed by atoms with Crippen molar-refractivity contribution in [3.63, 3.8) is 0 Å². The van der Waals surface area contributed by atoms with E-state index >= 15 is 0 Å². The molecule has 0 fully saturated rings. The molecule has 2 rings (SSSR count). The summed E-state index contributed by atoms with van der Waals surface area (Å²) in [4.78, 5) is 0. The predicted molar refractivity (Wildman–Crippen MR) is 42.4 cm³/mol. The second-order valence-corrected chi connectivity index (χ2v) is 2.63. The minimum atomic E-state index is -0.297. The van der Waals surface area contributed by atoms with Crippen LogP contribution in [0.4, 0.5) is 0 Å². The fraction of sp³-hybridized carbons (Fsp3) is 0.111. The second kappa shape index (κ2) is 1.70. The van der Waals surface area contributed by atoms with Crippen LogP contribution in [0.1, 0.15) is 0 Å². The molecule has 50 valence electrons. The van der Waals surface area contributed by atoms with Crippen molar-refractivity contribution < 1.29 is 0 Å². The first kappa shape index (κ1) is 5.69. The van der Waals surface area contributed by atoms with Gasteiger partial charge in [-0.25, -0.2) is 0 Å². The van der Waals surface area contributed by atoms with E-state index in [1.165, 1.54) is 5.57 Å². The van der Waals surface area contributed by atoms with Crippen molar-refractivity contribution in [1.82, 2.24) is 0 Å². The van der Waals surface area contributed by atoms with Gasteiger partial charge in [-0.05, 0) is 5.57 Å². The van der Waals surface area contributed by atoms with Gasteiger partial charge in [0.2, 0.25) is 0 Å². The van der Waals surface area contributed by atoms with E-state index in [-0.39, 0.29) is 5.54 Å². The molecule has 10 heavy (non-hydrogen) atoms. The zero-order valence-electron chi connectivity index (χ0n) is 5.62. The molecule has 0 aromatic heterocycles. The quantitative estimate of drug-likeness (QED) is 0.527. The van der Waals surface area contributed by atoms with E-state index in [1.54, 1.807) is 0 Å². The molecular weight excluding hydrogens is 122 g/mol. The molecule has 1 atom stereocenters. The molecular formula is C9H9N. The van der Waals surface area contributed by atoms with Crippen molar-refractivity contribution >= 4 is 0 Å². The zero-order valence-corrected chi connectivity index (χ0v) is 5.62. The Balaban J connectivity index is 2.51. The normalized spacial score (nSPS) is 34.3. The molecule has 2 aliphatic rings. The molecule has 0 heterocycles. The van der Waals surface area contributed by atoms with E-state index in [0.717, 1.165) is 0 Å². The summed E-state index contributed by atoms with van der Waals surface area (Å²) in [5.41, 5.74) is 6.85. The maximum Gasteiger partial charge on any atom is 0.0788 e. The van der Waals surface area contributed by atoms with Crippen LogP contribution in [0.15, 0.2) is 48.1 Å². The summed E-state index contributed by atoms with van der Waals surface area (Å²) in [5.74, 6) is 0. The van der Waals surface area contributed by atoms with Gasteiger partial charge in [-0.1, -0.05) is 42.5 Å². The first-order valence-corrected chi connectivity index (χ1v) is 3.36. The van der Waals surface area contributed by atoms with Crippen LogP contribution in [-0.2, 0) is 0 Å². The van der Waals surface area contributed by atoms with E-state index in [1.807, 2.05) is 42.5 Å². The summed E-state index contributed by atoms with van der Waals surface area (Å²) < 4.78 is 0. The third-order valence-electron chi connectivity index (χ3n) is 1.91. The van der Waals surface area contributed by atoms with Gasteiger partial charge < -0.3 is 5.73 Å². The van der Waals surface area contributed by atoms with Gasteiger partial charge in [0.25, 0.3) is 0 Å². The lowest BCUT2D eigenvalue weighted by Crippen LogP contribution is -2.35. The molecule has 1 nitrogen and oxygen atoms in total. The van der Waals surface area contributed by atoms with Crippen LogP contribution >= 0.6 is 0 Å². The van der Waals surface area contributed by atoms with Crippen LogP contribution in [0.3, 0.4) is 0 Å². The van der Waals surface area contributed by atoms with E-state index in [0.29, 0.717) is 0 Å². The smallest absolute Gasteiger partial charge is 0.0788 e. The first-order valence-electron chi connectivity index (χ1n) is 3.36. The zero-order chi connectivity index (χ0) is 7.03. The first-order chi connectivity index (χ1) is 4.81. The van der Waals surface area contributed by atoms with Crippen LogP contribution in [0.5, 0.6) is 0 Å². The third-order valence-corrected chi connectivity index (χ3v) is 1.91. The van der Waals surface area contributed by atoms with E-state index in [9.17, 15) is 0 Å². The number of fused-ring (bicyclic) bond motifs is 1. The van der Waals surface area contributed by atoms with Gasteiger partial charge >= 0.3 is 0 Å². The summed E-state index contributed by atoms with van der Waals surface area (Å²) >= 11 is 0. The van der Waals surface area contributed by atoms with Gasteiger partial charge in [0.15, 0.2) is 0 Å². The summed E-state index contributed by atoms with van der Waals surface area (Å²) in [6, 6.07) is 0. The van der Waals surface area contributed by atoms with Crippen molar-refractivity contribution in [3.8, 4) is 0 Å². The second-order valence-electron chi connectivity index (χ2n) is 2.63. The van der Waals surface area contributed by atoms with Crippen molar-refractivity contribution in [2.45, 2.75) is 5.54 Å². The van der Waals surface area contributed by atoms with Crippen LogP contribution in [0, 0.1) is 0 Å². The Kier molecular flexibility index (Phi) is 0.969. The van der Waals surface area contributed by atoms with Gasteiger partial charge in [0.1, 0.15) is 0 Å². The average Bonchev–Trinajstić information content (AvgIpc) is 2.29. The van der Waals surface area contributed by atoms with Gasteiger partial charge in [-0.2, -0.15) is 0 Å². The van der Waals surface area contributed by atoms with Gasteiger partial charge in [0.05, 0.1) is 5.54 Å². The van der Waals surface area contributed by atoms with Crippen molar-refractivity contribution in [2.24, 2.45) is 5.73 Å². The summed E-state index contributed by atoms with van der Waals surface area (Å²) in [7, 11) is 0. The molecule has 0 spiro atoms. The largest absolute Gasteiger partial charge is 0.315 e.